The number of hydrogen-bond donors (Lipinski definition) is 2. The van der Waals surface area contributed by atoms with Gasteiger partial charge in [0, 0.05) is 26.4 Å². The molecule has 0 spiro atoms. The van der Waals surface area contributed by atoms with Crippen molar-refractivity contribution in [2.45, 2.75) is 13.0 Å². The van der Waals surface area contributed by atoms with Crippen molar-refractivity contribution in [1.29, 1.82) is 0 Å². The maximum atomic E-state index is 12.2. The van der Waals surface area contributed by atoms with Crippen molar-refractivity contribution >= 4 is 29.7 Å². The lowest BCUT2D eigenvalue weighted by Crippen LogP contribution is -2.49. The van der Waals surface area contributed by atoms with E-state index in [-0.39, 0.29) is 24.4 Å². The van der Waals surface area contributed by atoms with E-state index in [1.807, 2.05) is 0 Å². The third-order valence-corrected chi connectivity index (χ3v) is 3.99. The summed E-state index contributed by atoms with van der Waals surface area (Å²) in [7, 11) is 3.11. The molecule has 7 nitrogen and oxygen atoms in total. The monoisotopic (exact) mass is 289 g/mol. The number of rotatable bonds is 4. The number of aliphatic carboxylic acids is 1. The highest BCUT2D eigenvalue weighted by Gasteiger charge is 2.36. The minimum absolute atomic E-state index is 0.148. The summed E-state index contributed by atoms with van der Waals surface area (Å²) >= 11 is 1.41. The molecule has 0 bridgehead atoms. The number of carbonyl (C=O) groups excluding carboxylic acids is 2. The van der Waals surface area contributed by atoms with Gasteiger partial charge in [0.1, 0.15) is 6.04 Å². The fourth-order valence-corrected chi connectivity index (χ4v) is 3.01. The standard InChI is InChI=1S/C11H19N3O4S/c1-7(9(15)12-2)4-13(3)11(18)14-6-19-5-8(14)10(16)17/h7-8H,4-6H2,1-3H3,(H,12,15)(H,16,17). The van der Waals surface area contributed by atoms with Crippen molar-refractivity contribution in [2.24, 2.45) is 5.92 Å². The predicted octanol–water partition coefficient (Wildman–Crippen LogP) is -0.120. The number of amides is 3. The first-order valence-electron chi connectivity index (χ1n) is 5.92. The van der Waals surface area contributed by atoms with Crippen molar-refractivity contribution in [3.8, 4) is 0 Å². The van der Waals surface area contributed by atoms with Crippen LogP contribution < -0.4 is 5.32 Å². The summed E-state index contributed by atoms with van der Waals surface area (Å²) in [6.45, 7) is 1.97. The molecule has 2 N–H and O–H groups in total. The Morgan fingerprint density at radius 1 is 1.53 bits per heavy atom. The summed E-state index contributed by atoms with van der Waals surface area (Å²) in [5.74, 6) is -0.706. The summed E-state index contributed by atoms with van der Waals surface area (Å²) < 4.78 is 0. The number of carboxylic acid groups (broad SMARTS) is 1. The highest BCUT2D eigenvalue weighted by molar-refractivity contribution is 7.99. The van der Waals surface area contributed by atoms with Gasteiger partial charge < -0.3 is 20.2 Å². The van der Waals surface area contributed by atoms with Crippen LogP contribution in [-0.2, 0) is 9.59 Å². The molecule has 1 aliphatic rings. The Balaban J connectivity index is 2.61. The first-order valence-corrected chi connectivity index (χ1v) is 7.07. The molecule has 108 valence electrons. The van der Waals surface area contributed by atoms with Crippen LogP contribution in [0.1, 0.15) is 6.92 Å². The van der Waals surface area contributed by atoms with Crippen LogP contribution in [0.15, 0.2) is 0 Å². The number of thioether (sulfide) groups is 1. The first kappa shape index (κ1) is 15.6. The van der Waals surface area contributed by atoms with E-state index in [9.17, 15) is 14.4 Å². The molecule has 19 heavy (non-hydrogen) atoms. The zero-order chi connectivity index (χ0) is 14.6. The van der Waals surface area contributed by atoms with Gasteiger partial charge in [0.25, 0.3) is 0 Å². The van der Waals surface area contributed by atoms with Gasteiger partial charge in [-0.05, 0) is 0 Å². The Morgan fingerprint density at radius 3 is 2.68 bits per heavy atom. The third kappa shape index (κ3) is 3.76. The topological polar surface area (TPSA) is 90.0 Å². The summed E-state index contributed by atoms with van der Waals surface area (Å²) in [5.41, 5.74) is 0. The number of carbonyl (C=O) groups is 3. The largest absolute Gasteiger partial charge is 0.480 e. The molecule has 0 saturated carbocycles. The molecule has 8 heteroatoms. The number of nitrogens with zero attached hydrogens (tertiary/aromatic N) is 2. The summed E-state index contributed by atoms with van der Waals surface area (Å²) in [5, 5.41) is 11.5. The summed E-state index contributed by atoms with van der Waals surface area (Å²) in [6.07, 6.45) is 0. The second kappa shape index (κ2) is 6.65. The average molecular weight is 289 g/mol. The van der Waals surface area contributed by atoms with E-state index in [0.717, 1.165) is 0 Å². The highest BCUT2D eigenvalue weighted by atomic mass is 32.2. The fraction of sp³-hybridized carbons (Fsp3) is 0.727. The molecule has 2 unspecified atom stereocenters. The van der Waals surface area contributed by atoms with Crippen LogP contribution in [0.5, 0.6) is 0 Å². The number of hydrogen-bond acceptors (Lipinski definition) is 4. The Kier molecular flexibility index (Phi) is 5.46. The molecule has 1 saturated heterocycles. The normalized spacial score (nSPS) is 19.9. The molecule has 1 fully saturated rings. The van der Waals surface area contributed by atoms with Crippen LogP contribution in [0, 0.1) is 5.92 Å². The Hall–Kier alpha value is -1.44. The zero-order valence-corrected chi connectivity index (χ0v) is 12.1. The van der Waals surface area contributed by atoms with Gasteiger partial charge in [0.2, 0.25) is 5.91 Å². The molecule has 0 aliphatic carbocycles. The van der Waals surface area contributed by atoms with Crippen LogP contribution in [0.4, 0.5) is 4.79 Å². The summed E-state index contributed by atoms with van der Waals surface area (Å²) in [6, 6.07) is -1.14. The SMILES string of the molecule is CNC(=O)C(C)CN(C)C(=O)N1CSCC1C(=O)O. The fourth-order valence-electron chi connectivity index (χ4n) is 1.87. The molecule has 0 aromatic carbocycles. The molecule has 1 heterocycles. The second-order valence-corrected chi connectivity index (χ2v) is 5.50. The highest BCUT2D eigenvalue weighted by Crippen LogP contribution is 2.22. The van der Waals surface area contributed by atoms with Crippen LogP contribution in [0.2, 0.25) is 0 Å². The Morgan fingerprint density at radius 2 is 2.16 bits per heavy atom. The molecule has 1 aliphatic heterocycles. The van der Waals surface area contributed by atoms with Gasteiger partial charge in [-0.1, -0.05) is 6.92 Å². The van der Waals surface area contributed by atoms with Crippen molar-refractivity contribution in [3.63, 3.8) is 0 Å². The average Bonchev–Trinajstić information content (AvgIpc) is 2.85. The van der Waals surface area contributed by atoms with E-state index in [0.29, 0.717) is 11.6 Å². The molecular formula is C11H19N3O4S. The van der Waals surface area contributed by atoms with Crippen molar-refractivity contribution in [2.75, 3.05) is 32.3 Å². The molecule has 0 aromatic rings. The molecule has 2 atom stereocenters. The van der Waals surface area contributed by atoms with Gasteiger partial charge in [0.05, 0.1) is 11.8 Å². The van der Waals surface area contributed by atoms with Crippen LogP contribution in [0.3, 0.4) is 0 Å². The lowest BCUT2D eigenvalue weighted by Gasteiger charge is -2.28. The van der Waals surface area contributed by atoms with E-state index in [1.54, 1.807) is 14.0 Å². The van der Waals surface area contributed by atoms with Gasteiger partial charge in [-0.25, -0.2) is 9.59 Å². The van der Waals surface area contributed by atoms with Crippen molar-refractivity contribution < 1.29 is 19.5 Å². The number of nitrogens with one attached hydrogen (secondary N) is 1. The van der Waals surface area contributed by atoms with Crippen molar-refractivity contribution in [3.05, 3.63) is 0 Å². The lowest BCUT2D eigenvalue weighted by atomic mass is 10.1. The number of urea groups is 1. The molecule has 0 aromatic heterocycles. The molecule has 3 amide bonds. The van der Waals surface area contributed by atoms with E-state index in [4.69, 9.17) is 5.11 Å². The summed E-state index contributed by atoms with van der Waals surface area (Å²) in [4.78, 5) is 37.3. The van der Waals surface area contributed by atoms with Gasteiger partial charge in [-0.3, -0.25) is 4.79 Å². The predicted molar refractivity (Wildman–Crippen MR) is 71.8 cm³/mol. The minimum Gasteiger partial charge on any atom is -0.480 e. The van der Waals surface area contributed by atoms with Crippen LogP contribution in [-0.4, -0.2) is 71.1 Å². The maximum absolute atomic E-state index is 12.2. The molecule has 0 radical (unpaired) electrons. The van der Waals surface area contributed by atoms with Crippen LogP contribution >= 0.6 is 11.8 Å². The Bertz CT molecular complexity index is 377. The van der Waals surface area contributed by atoms with E-state index in [2.05, 4.69) is 5.32 Å². The van der Waals surface area contributed by atoms with Gasteiger partial charge in [-0.2, -0.15) is 0 Å². The lowest BCUT2D eigenvalue weighted by molar-refractivity contribution is -0.141. The third-order valence-electron chi connectivity index (χ3n) is 2.98. The van der Waals surface area contributed by atoms with Gasteiger partial charge >= 0.3 is 12.0 Å². The smallest absolute Gasteiger partial charge is 0.327 e. The van der Waals surface area contributed by atoms with Crippen LogP contribution in [0.25, 0.3) is 0 Å². The molecular weight excluding hydrogens is 270 g/mol. The Labute approximate surface area is 116 Å². The molecule has 1 rings (SSSR count). The van der Waals surface area contributed by atoms with E-state index < -0.39 is 12.0 Å². The second-order valence-electron chi connectivity index (χ2n) is 4.50. The van der Waals surface area contributed by atoms with E-state index >= 15 is 0 Å². The van der Waals surface area contributed by atoms with E-state index in [1.165, 1.54) is 28.6 Å². The van der Waals surface area contributed by atoms with Gasteiger partial charge in [0.15, 0.2) is 0 Å². The van der Waals surface area contributed by atoms with Crippen molar-refractivity contribution in [1.82, 2.24) is 15.1 Å². The minimum atomic E-state index is -0.994. The quantitative estimate of drug-likeness (QED) is 0.753. The van der Waals surface area contributed by atoms with Gasteiger partial charge in [-0.15, -0.1) is 11.8 Å². The number of carboxylic acids is 1. The first-order chi connectivity index (χ1) is 8.88. The maximum Gasteiger partial charge on any atom is 0.327 e. The zero-order valence-electron chi connectivity index (χ0n) is 11.3.